The second kappa shape index (κ2) is 11.4. The summed E-state index contributed by atoms with van der Waals surface area (Å²) in [5.74, 6) is 0. The summed E-state index contributed by atoms with van der Waals surface area (Å²) in [7, 11) is -1.82. The van der Waals surface area contributed by atoms with Gasteiger partial charge in [-0.15, -0.1) is 0 Å². The molecule has 8 nitrogen and oxygen atoms in total. The number of benzene rings is 1. The summed E-state index contributed by atoms with van der Waals surface area (Å²) in [4.78, 5) is 8.37. The third-order valence-corrected chi connectivity index (χ3v) is 9.77. The van der Waals surface area contributed by atoms with Gasteiger partial charge in [0.1, 0.15) is 5.01 Å². The van der Waals surface area contributed by atoms with Crippen LogP contribution < -0.4 is 4.80 Å². The van der Waals surface area contributed by atoms with Crippen LogP contribution in [0.2, 0.25) is 0 Å². The zero-order valence-corrected chi connectivity index (χ0v) is 22.2. The molecule has 1 aliphatic carbocycles. The maximum absolute atomic E-state index is 13.9. The number of rotatable bonds is 8. The van der Waals surface area contributed by atoms with Gasteiger partial charge in [-0.3, -0.25) is 9.89 Å². The van der Waals surface area contributed by atoms with Crippen LogP contribution in [0.4, 0.5) is 0 Å². The van der Waals surface area contributed by atoms with Gasteiger partial charge >= 0.3 is 0 Å². The summed E-state index contributed by atoms with van der Waals surface area (Å²) in [5, 5.41) is 5.37. The maximum atomic E-state index is 13.9. The van der Waals surface area contributed by atoms with Crippen molar-refractivity contribution in [2.75, 3.05) is 39.4 Å². The topological polar surface area (TPSA) is 80.0 Å². The summed E-state index contributed by atoms with van der Waals surface area (Å²) in [6.07, 6.45) is 5.96. The van der Waals surface area contributed by atoms with E-state index in [0.29, 0.717) is 47.8 Å². The molecule has 10 heteroatoms. The first-order valence-electron chi connectivity index (χ1n) is 12.4. The molecule has 1 aromatic carbocycles. The molecule has 1 aliphatic heterocycles. The Kier molecular flexibility index (Phi) is 8.57. The van der Waals surface area contributed by atoms with E-state index in [0.717, 1.165) is 30.7 Å². The molecule has 0 bridgehead atoms. The molecular formula is C24H37N5O3S2. The van der Waals surface area contributed by atoms with Crippen LogP contribution in [0, 0.1) is 0 Å². The van der Waals surface area contributed by atoms with Gasteiger partial charge in [0, 0.05) is 44.8 Å². The molecule has 1 saturated carbocycles. The lowest BCUT2D eigenvalue weighted by Gasteiger charge is -2.31. The Hall–Kier alpha value is -1.59. The number of aromatic nitrogens is 2. The Bertz CT molecular complexity index is 1110. The fourth-order valence-corrected chi connectivity index (χ4v) is 7.54. The normalized spacial score (nSPS) is 19.4. The van der Waals surface area contributed by atoms with Crippen molar-refractivity contribution in [2.45, 2.75) is 62.9 Å². The first kappa shape index (κ1) is 25.5. The first-order valence-corrected chi connectivity index (χ1v) is 14.6. The summed E-state index contributed by atoms with van der Waals surface area (Å²) in [6.45, 7) is 8.09. The van der Waals surface area contributed by atoms with Crippen molar-refractivity contribution < 1.29 is 13.2 Å². The Labute approximate surface area is 207 Å². The molecule has 0 unspecified atom stereocenters. The average Bonchev–Trinajstić information content (AvgIpc) is 3.20. The standard InChI is InChI=1S/C24H37N5O3S2/c1-19(2)29(14-13-28-15-17-32-18-16-28)34(30,31)22-12-8-7-11-21(22)23-26-27(3)24(33-23)25-20-9-5-4-6-10-20/h7-8,11-12,19-20H,4-6,9-10,13-18H2,1-3H3. The number of hydrogen-bond acceptors (Lipinski definition) is 7. The van der Waals surface area contributed by atoms with Crippen LogP contribution in [0.1, 0.15) is 46.0 Å². The van der Waals surface area contributed by atoms with Crippen LogP contribution in [0.15, 0.2) is 34.2 Å². The molecule has 4 rings (SSSR count). The van der Waals surface area contributed by atoms with Crippen LogP contribution in [0.5, 0.6) is 0 Å². The van der Waals surface area contributed by atoms with Gasteiger partial charge in [-0.25, -0.2) is 13.1 Å². The molecule has 1 aromatic heterocycles. The van der Waals surface area contributed by atoms with E-state index in [1.807, 2.05) is 33.0 Å². The summed E-state index contributed by atoms with van der Waals surface area (Å²) in [6, 6.07) is 7.41. The Balaban J connectivity index is 1.62. The Morgan fingerprint density at radius 2 is 1.88 bits per heavy atom. The molecule has 2 heterocycles. The number of hydrogen-bond donors (Lipinski definition) is 0. The van der Waals surface area contributed by atoms with Crippen molar-refractivity contribution in [2.24, 2.45) is 12.0 Å². The fourth-order valence-electron chi connectivity index (χ4n) is 4.65. The van der Waals surface area contributed by atoms with E-state index in [4.69, 9.17) is 9.73 Å². The van der Waals surface area contributed by atoms with E-state index in [1.54, 1.807) is 21.1 Å². The zero-order valence-electron chi connectivity index (χ0n) is 20.5. The molecule has 2 aliphatic rings. The number of morpholine rings is 1. The molecule has 2 fully saturated rings. The van der Waals surface area contributed by atoms with E-state index >= 15 is 0 Å². The van der Waals surface area contributed by atoms with Gasteiger partial charge in [-0.05, 0) is 32.8 Å². The van der Waals surface area contributed by atoms with E-state index in [-0.39, 0.29) is 6.04 Å². The molecule has 0 amide bonds. The van der Waals surface area contributed by atoms with Gasteiger partial charge in [-0.1, -0.05) is 48.8 Å². The minimum atomic E-state index is -3.71. The summed E-state index contributed by atoms with van der Waals surface area (Å²) < 4.78 is 36.6. The lowest BCUT2D eigenvalue weighted by atomic mass is 9.96. The van der Waals surface area contributed by atoms with E-state index in [2.05, 4.69) is 10.00 Å². The SMILES string of the molecule is CC(C)N(CCN1CCOCC1)S(=O)(=O)c1ccccc1-c1nn(C)c(=NC2CCCCC2)s1. The molecule has 188 valence electrons. The fraction of sp³-hybridized carbons (Fsp3) is 0.667. The molecule has 1 saturated heterocycles. The second-order valence-corrected chi connectivity index (χ2v) is 12.2. The predicted octanol–water partition coefficient (Wildman–Crippen LogP) is 3.11. The number of ether oxygens (including phenoxy) is 1. The lowest BCUT2D eigenvalue weighted by Crippen LogP contribution is -2.45. The van der Waals surface area contributed by atoms with Gasteiger partial charge in [0.25, 0.3) is 0 Å². The zero-order chi connectivity index (χ0) is 24.1. The molecule has 0 radical (unpaired) electrons. The monoisotopic (exact) mass is 507 g/mol. The Morgan fingerprint density at radius 1 is 1.18 bits per heavy atom. The highest BCUT2D eigenvalue weighted by atomic mass is 32.2. The molecule has 0 N–H and O–H groups in total. The summed E-state index contributed by atoms with van der Waals surface area (Å²) >= 11 is 1.47. The number of nitrogens with zero attached hydrogens (tertiary/aromatic N) is 5. The van der Waals surface area contributed by atoms with Crippen molar-refractivity contribution in [1.29, 1.82) is 0 Å². The largest absolute Gasteiger partial charge is 0.379 e. The quantitative estimate of drug-likeness (QED) is 0.549. The third-order valence-electron chi connectivity index (χ3n) is 6.59. The highest BCUT2D eigenvalue weighted by Gasteiger charge is 2.30. The molecule has 0 spiro atoms. The molecular weight excluding hydrogens is 470 g/mol. The Morgan fingerprint density at radius 3 is 2.59 bits per heavy atom. The lowest BCUT2D eigenvalue weighted by molar-refractivity contribution is 0.0356. The highest BCUT2D eigenvalue weighted by Crippen LogP contribution is 2.30. The van der Waals surface area contributed by atoms with Crippen LogP contribution in [0.25, 0.3) is 10.6 Å². The smallest absolute Gasteiger partial charge is 0.244 e. The predicted molar refractivity (Wildman–Crippen MR) is 135 cm³/mol. The summed E-state index contributed by atoms with van der Waals surface area (Å²) in [5.41, 5.74) is 0.644. The maximum Gasteiger partial charge on any atom is 0.244 e. The van der Waals surface area contributed by atoms with Crippen molar-refractivity contribution in [3.63, 3.8) is 0 Å². The minimum Gasteiger partial charge on any atom is -0.379 e. The van der Waals surface area contributed by atoms with Crippen molar-refractivity contribution in [3.8, 4) is 10.6 Å². The van der Waals surface area contributed by atoms with Gasteiger partial charge in [0.05, 0.1) is 24.2 Å². The van der Waals surface area contributed by atoms with Crippen LogP contribution >= 0.6 is 11.3 Å². The van der Waals surface area contributed by atoms with Crippen molar-refractivity contribution in [1.82, 2.24) is 19.0 Å². The molecule has 0 atom stereocenters. The van der Waals surface area contributed by atoms with Gasteiger partial charge in [0.2, 0.25) is 14.8 Å². The number of sulfonamides is 1. The number of aryl methyl sites for hydroxylation is 1. The van der Waals surface area contributed by atoms with Gasteiger partial charge in [0.15, 0.2) is 0 Å². The second-order valence-electron chi connectivity index (χ2n) is 9.39. The third kappa shape index (κ3) is 5.96. The van der Waals surface area contributed by atoms with Crippen LogP contribution in [-0.4, -0.2) is 78.9 Å². The van der Waals surface area contributed by atoms with Gasteiger partial charge in [-0.2, -0.15) is 9.40 Å². The van der Waals surface area contributed by atoms with Crippen molar-refractivity contribution in [3.05, 3.63) is 29.1 Å². The van der Waals surface area contributed by atoms with Crippen LogP contribution in [-0.2, 0) is 21.8 Å². The van der Waals surface area contributed by atoms with E-state index in [1.165, 1.54) is 30.6 Å². The van der Waals surface area contributed by atoms with Gasteiger partial charge < -0.3 is 4.74 Å². The average molecular weight is 508 g/mol. The van der Waals surface area contributed by atoms with E-state index in [9.17, 15) is 8.42 Å². The first-order chi connectivity index (χ1) is 16.4. The molecule has 34 heavy (non-hydrogen) atoms. The van der Waals surface area contributed by atoms with Crippen molar-refractivity contribution >= 4 is 21.4 Å². The highest BCUT2D eigenvalue weighted by molar-refractivity contribution is 7.89. The minimum absolute atomic E-state index is 0.150. The molecule has 2 aromatic rings. The van der Waals surface area contributed by atoms with Crippen LogP contribution in [0.3, 0.4) is 0 Å². The van der Waals surface area contributed by atoms with E-state index < -0.39 is 10.0 Å².